The molecule has 1 heterocycles. The maximum Gasteiger partial charge on any atom is 0.251 e. The Balaban J connectivity index is 1.75. The van der Waals surface area contributed by atoms with E-state index in [0.717, 1.165) is 36.9 Å². The molecule has 4 heteroatoms. The smallest absolute Gasteiger partial charge is 0.251 e. The van der Waals surface area contributed by atoms with Crippen LogP contribution >= 0.6 is 0 Å². The summed E-state index contributed by atoms with van der Waals surface area (Å²) < 4.78 is 5.52. The second-order valence-corrected chi connectivity index (χ2v) is 6.62. The Morgan fingerprint density at radius 1 is 1.33 bits per heavy atom. The minimum atomic E-state index is 0.00633. The Kier molecular flexibility index (Phi) is 7.57. The third-order valence-corrected chi connectivity index (χ3v) is 4.86. The minimum Gasteiger partial charge on any atom is -0.494 e. The van der Waals surface area contributed by atoms with E-state index in [1.165, 1.54) is 32.2 Å². The van der Waals surface area contributed by atoms with Crippen LogP contribution < -0.4 is 10.1 Å². The zero-order valence-electron chi connectivity index (χ0n) is 15.4. The van der Waals surface area contributed by atoms with Gasteiger partial charge in [0.2, 0.25) is 0 Å². The Bertz CT molecular complexity index is 530. The van der Waals surface area contributed by atoms with Gasteiger partial charge in [0.15, 0.2) is 0 Å². The van der Waals surface area contributed by atoms with Gasteiger partial charge in [0.05, 0.1) is 6.61 Å². The van der Waals surface area contributed by atoms with Crippen molar-refractivity contribution in [1.29, 1.82) is 0 Å². The summed E-state index contributed by atoms with van der Waals surface area (Å²) in [5.41, 5.74) is 1.71. The van der Waals surface area contributed by atoms with Crippen molar-refractivity contribution in [3.05, 3.63) is 29.3 Å². The summed E-state index contributed by atoms with van der Waals surface area (Å²) >= 11 is 0. The molecule has 0 bridgehead atoms. The number of aryl methyl sites for hydroxylation is 1. The molecule has 0 aromatic heterocycles. The number of benzene rings is 1. The van der Waals surface area contributed by atoms with Crippen LogP contribution in [0.1, 0.15) is 61.9 Å². The fourth-order valence-electron chi connectivity index (χ4n) is 3.51. The number of likely N-dealkylation sites (tertiary alicyclic amines) is 1. The number of piperidine rings is 1. The molecule has 0 unspecified atom stereocenters. The lowest BCUT2D eigenvalue weighted by Crippen LogP contribution is -2.40. The molecule has 0 saturated carbocycles. The predicted molar refractivity (Wildman–Crippen MR) is 98.8 cm³/mol. The van der Waals surface area contributed by atoms with Gasteiger partial charge >= 0.3 is 0 Å². The van der Waals surface area contributed by atoms with Crippen molar-refractivity contribution in [2.24, 2.45) is 0 Å². The summed E-state index contributed by atoms with van der Waals surface area (Å²) in [5.74, 6) is 0.858. The van der Waals surface area contributed by atoms with Gasteiger partial charge in [-0.2, -0.15) is 0 Å². The van der Waals surface area contributed by atoms with Gasteiger partial charge in [0.1, 0.15) is 5.75 Å². The number of ether oxygens (including phenoxy) is 1. The quantitative estimate of drug-likeness (QED) is 0.737. The summed E-state index contributed by atoms with van der Waals surface area (Å²) in [6.07, 6.45) is 6.25. The average Bonchev–Trinajstić information content (AvgIpc) is 2.60. The van der Waals surface area contributed by atoms with E-state index in [4.69, 9.17) is 4.74 Å². The Morgan fingerprint density at radius 2 is 2.17 bits per heavy atom. The summed E-state index contributed by atoms with van der Waals surface area (Å²) in [6.45, 7) is 9.89. The zero-order chi connectivity index (χ0) is 17.4. The largest absolute Gasteiger partial charge is 0.494 e. The molecule has 1 fully saturated rings. The van der Waals surface area contributed by atoms with E-state index in [1.54, 1.807) is 0 Å². The van der Waals surface area contributed by atoms with Gasteiger partial charge in [-0.05, 0) is 69.8 Å². The van der Waals surface area contributed by atoms with E-state index < -0.39 is 0 Å². The van der Waals surface area contributed by atoms with Gasteiger partial charge in [-0.25, -0.2) is 0 Å². The SMILES string of the molecule is CCOc1ccc(C(=O)NCCCN2CCCC[C@H]2CC)cc1C. The second kappa shape index (κ2) is 9.67. The van der Waals surface area contributed by atoms with Gasteiger partial charge in [-0.3, -0.25) is 4.79 Å². The summed E-state index contributed by atoms with van der Waals surface area (Å²) in [6, 6.07) is 6.36. The highest BCUT2D eigenvalue weighted by Crippen LogP contribution is 2.20. The van der Waals surface area contributed by atoms with Gasteiger partial charge in [-0.15, -0.1) is 0 Å². The highest BCUT2D eigenvalue weighted by Gasteiger charge is 2.19. The van der Waals surface area contributed by atoms with Crippen LogP contribution in [-0.4, -0.2) is 43.1 Å². The number of hydrogen-bond acceptors (Lipinski definition) is 3. The maximum atomic E-state index is 12.3. The Labute approximate surface area is 146 Å². The number of rotatable bonds is 8. The standard InChI is InChI=1S/C20H32N2O2/c1-4-18-9-6-7-13-22(18)14-8-12-21-20(23)17-10-11-19(24-5-2)16(3)15-17/h10-11,15,18H,4-9,12-14H2,1-3H3,(H,21,23)/t18-/m1/s1. The first kappa shape index (κ1) is 18.8. The van der Waals surface area contributed by atoms with Crippen molar-refractivity contribution in [1.82, 2.24) is 10.2 Å². The van der Waals surface area contributed by atoms with E-state index in [-0.39, 0.29) is 5.91 Å². The third-order valence-electron chi connectivity index (χ3n) is 4.86. The van der Waals surface area contributed by atoms with Gasteiger partial charge in [0.25, 0.3) is 5.91 Å². The van der Waals surface area contributed by atoms with Crippen molar-refractivity contribution in [2.45, 2.75) is 58.9 Å². The normalized spacial score (nSPS) is 18.4. The van der Waals surface area contributed by atoms with E-state index in [9.17, 15) is 4.79 Å². The number of carbonyl (C=O) groups excluding carboxylic acids is 1. The van der Waals surface area contributed by atoms with Crippen LogP contribution in [0.15, 0.2) is 18.2 Å². The molecule has 1 aliphatic heterocycles. The molecule has 0 radical (unpaired) electrons. The van der Waals surface area contributed by atoms with Crippen LogP contribution in [0.25, 0.3) is 0 Å². The van der Waals surface area contributed by atoms with Crippen molar-refractivity contribution in [3.63, 3.8) is 0 Å². The molecule has 1 N–H and O–H groups in total. The Hall–Kier alpha value is -1.55. The fourth-order valence-corrected chi connectivity index (χ4v) is 3.51. The molecule has 2 rings (SSSR count). The lowest BCUT2D eigenvalue weighted by molar-refractivity contribution is 0.0947. The lowest BCUT2D eigenvalue weighted by Gasteiger charge is -2.35. The van der Waals surface area contributed by atoms with Crippen molar-refractivity contribution in [2.75, 3.05) is 26.2 Å². The first-order chi connectivity index (χ1) is 11.7. The van der Waals surface area contributed by atoms with Crippen LogP contribution in [0.3, 0.4) is 0 Å². The topological polar surface area (TPSA) is 41.6 Å². The molecule has 4 nitrogen and oxygen atoms in total. The summed E-state index contributed by atoms with van der Waals surface area (Å²) in [5, 5.41) is 3.04. The predicted octanol–water partition coefficient (Wildman–Crippen LogP) is 3.78. The highest BCUT2D eigenvalue weighted by atomic mass is 16.5. The molecule has 1 aromatic carbocycles. The number of carbonyl (C=O) groups is 1. The van der Waals surface area contributed by atoms with Crippen molar-refractivity contribution in [3.8, 4) is 5.75 Å². The maximum absolute atomic E-state index is 12.3. The van der Waals surface area contributed by atoms with Crippen molar-refractivity contribution >= 4 is 5.91 Å². The number of nitrogens with zero attached hydrogens (tertiary/aromatic N) is 1. The van der Waals surface area contributed by atoms with E-state index in [0.29, 0.717) is 12.2 Å². The molecule has 0 aliphatic carbocycles. The van der Waals surface area contributed by atoms with Crippen LogP contribution in [0, 0.1) is 6.92 Å². The van der Waals surface area contributed by atoms with Gasteiger partial charge in [0, 0.05) is 24.7 Å². The molecule has 1 aromatic rings. The monoisotopic (exact) mass is 332 g/mol. The molecule has 1 saturated heterocycles. The molecular weight excluding hydrogens is 300 g/mol. The van der Waals surface area contributed by atoms with Crippen LogP contribution in [0.4, 0.5) is 0 Å². The third kappa shape index (κ3) is 5.23. The van der Waals surface area contributed by atoms with Crippen molar-refractivity contribution < 1.29 is 9.53 Å². The van der Waals surface area contributed by atoms with Crippen LogP contribution in [0.5, 0.6) is 5.75 Å². The van der Waals surface area contributed by atoms with E-state index in [2.05, 4.69) is 17.1 Å². The van der Waals surface area contributed by atoms with Crippen LogP contribution in [0.2, 0.25) is 0 Å². The number of nitrogens with one attached hydrogen (secondary N) is 1. The van der Waals surface area contributed by atoms with Crippen LogP contribution in [-0.2, 0) is 0 Å². The highest BCUT2D eigenvalue weighted by molar-refractivity contribution is 5.94. The molecule has 1 atom stereocenters. The van der Waals surface area contributed by atoms with Gasteiger partial charge in [-0.1, -0.05) is 13.3 Å². The molecular formula is C20H32N2O2. The fraction of sp³-hybridized carbons (Fsp3) is 0.650. The first-order valence-corrected chi connectivity index (χ1v) is 9.41. The van der Waals surface area contributed by atoms with Gasteiger partial charge < -0.3 is 15.0 Å². The number of amides is 1. The Morgan fingerprint density at radius 3 is 2.88 bits per heavy atom. The minimum absolute atomic E-state index is 0.00633. The molecule has 134 valence electrons. The summed E-state index contributed by atoms with van der Waals surface area (Å²) in [7, 11) is 0. The first-order valence-electron chi connectivity index (χ1n) is 9.41. The average molecular weight is 332 g/mol. The molecule has 1 aliphatic rings. The number of hydrogen-bond donors (Lipinski definition) is 1. The molecule has 24 heavy (non-hydrogen) atoms. The van der Waals surface area contributed by atoms with E-state index in [1.807, 2.05) is 32.0 Å². The summed E-state index contributed by atoms with van der Waals surface area (Å²) in [4.78, 5) is 14.9. The molecule has 1 amide bonds. The van der Waals surface area contributed by atoms with E-state index >= 15 is 0 Å². The molecule has 0 spiro atoms. The lowest BCUT2D eigenvalue weighted by atomic mass is 10.00. The zero-order valence-corrected chi connectivity index (χ0v) is 15.4. The second-order valence-electron chi connectivity index (χ2n) is 6.62.